The van der Waals surface area contributed by atoms with Gasteiger partial charge in [-0.05, 0) is 25.1 Å². The number of hydrogen-bond donors (Lipinski definition) is 1. The van der Waals surface area contributed by atoms with Crippen molar-refractivity contribution in [3.05, 3.63) is 0 Å². The Balaban J connectivity index is 1.90. The predicted molar refractivity (Wildman–Crippen MR) is 76.3 cm³/mol. The van der Waals surface area contributed by atoms with E-state index < -0.39 is 0 Å². The first-order chi connectivity index (χ1) is 7.88. The first-order valence-electron chi connectivity index (χ1n) is 7.13. The molecule has 1 aliphatic heterocycles. The molecule has 1 nitrogen and oxygen atoms in total. The molecule has 1 fully saturated rings. The number of hydrogen-bond acceptors (Lipinski definition) is 2. The molecule has 0 aromatic heterocycles. The van der Waals surface area contributed by atoms with E-state index in [1.807, 2.05) is 0 Å². The minimum absolute atomic E-state index is 0.796. The maximum Gasteiger partial charge on any atom is 0.0191 e. The molecular weight excluding hydrogens is 214 g/mol. The van der Waals surface area contributed by atoms with E-state index in [0.29, 0.717) is 0 Å². The number of unbranched alkanes of at least 4 members (excludes halogenated alkanes) is 6. The van der Waals surface area contributed by atoms with E-state index in [1.54, 1.807) is 0 Å². The van der Waals surface area contributed by atoms with Crippen LogP contribution in [0.25, 0.3) is 0 Å². The fourth-order valence-corrected chi connectivity index (χ4v) is 4.10. The second-order valence-electron chi connectivity index (χ2n) is 5.10. The smallest absolute Gasteiger partial charge is 0.0191 e. The highest BCUT2D eigenvalue weighted by Gasteiger charge is 2.25. The molecule has 1 saturated heterocycles. The van der Waals surface area contributed by atoms with Gasteiger partial charge in [0, 0.05) is 11.8 Å². The van der Waals surface area contributed by atoms with Crippen LogP contribution in [0.5, 0.6) is 0 Å². The Hall–Kier alpha value is 0.310. The summed E-state index contributed by atoms with van der Waals surface area (Å²) < 4.78 is 0. The Labute approximate surface area is 106 Å². The van der Waals surface area contributed by atoms with Gasteiger partial charge >= 0.3 is 0 Å². The van der Waals surface area contributed by atoms with Crippen LogP contribution >= 0.6 is 11.8 Å². The van der Waals surface area contributed by atoms with Crippen LogP contribution in [0.3, 0.4) is 0 Å². The minimum Gasteiger partial charge on any atom is -0.316 e. The maximum absolute atomic E-state index is 3.46. The van der Waals surface area contributed by atoms with Crippen molar-refractivity contribution in [3.63, 3.8) is 0 Å². The SMILES string of the molecule is CCCCCCCCCC1CSCC1NC. The summed E-state index contributed by atoms with van der Waals surface area (Å²) in [4.78, 5) is 0. The van der Waals surface area contributed by atoms with Crippen molar-refractivity contribution in [2.45, 2.75) is 64.3 Å². The lowest BCUT2D eigenvalue weighted by atomic mass is 9.96. The van der Waals surface area contributed by atoms with Gasteiger partial charge in [-0.2, -0.15) is 11.8 Å². The van der Waals surface area contributed by atoms with E-state index in [1.165, 1.54) is 62.9 Å². The highest BCUT2D eigenvalue weighted by molar-refractivity contribution is 7.99. The third-order valence-electron chi connectivity index (χ3n) is 3.75. The van der Waals surface area contributed by atoms with Gasteiger partial charge in [-0.15, -0.1) is 0 Å². The summed E-state index contributed by atoms with van der Waals surface area (Å²) >= 11 is 2.13. The normalized spacial score (nSPS) is 25.1. The molecule has 0 aromatic carbocycles. The lowest BCUT2D eigenvalue weighted by Crippen LogP contribution is -2.32. The highest BCUT2D eigenvalue weighted by Crippen LogP contribution is 2.28. The third kappa shape index (κ3) is 5.58. The fraction of sp³-hybridized carbons (Fsp3) is 1.00. The summed E-state index contributed by atoms with van der Waals surface area (Å²) in [6.45, 7) is 2.29. The van der Waals surface area contributed by atoms with Crippen LogP contribution in [0, 0.1) is 5.92 Å². The van der Waals surface area contributed by atoms with Gasteiger partial charge in [-0.25, -0.2) is 0 Å². The summed E-state index contributed by atoms with van der Waals surface area (Å²) in [5.41, 5.74) is 0. The van der Waals surface area contributed by atoms with Crippen LogP contribution < -0.4 is 5.32 Å². The largest absolute Gasteiger partial charge is 0.316 e. The van der Waals surface area contributed by atoms with Crippen molar-refractivity contribution < 1.29 is 0 Å². The highest BCUT2D eigenvalue weighted by atomic mass is 32.2. The predicted octanol–water partition coefficient (Wildman–Crippen LogP) is 4.08. The summed E-state index contributed by atoms with van der Waals surface area (Å²) in [5, 5.41) is 3.46. The zero-order chi connectivity index (χ0) is 11.6. The third-order valence-corrected chi connectivity index (χ3v) is 5.01. The van der Waals surface area contributed by atoms with Gasteiger partial charge in [-0.1, -0.05) is 51.9 Å². The van der Waals surface area contributed by atoms with Crippen LogP contribution in [0.2, 0.25) is 0 Å². The van der Waals surface area contributed by atoms with Crippen molar-refractivity contribution in [1.82, 2.24) is 5.32 Å². The topological polar surface area (TPSA) is 12.0 Å². The van der Waals surface area contributed by atoms with E-state index in [-0.39, 0.29) is 0 Å². The zero-order valence-corrected chi connectivity index (χ0v) is 12.0. The molecule has 16 heavy (non-hydrogen) atoms. The molecular formula is C14H29NS. The molecule has 1 rings (SSSR count). The molecule has 0 aliphatic carbocycles. The summed E-state index contributed by atoms with van der Waals surface area (Å²) in [5.74, 6) is 3.67. The molecule has 1 N–H and O–H groups in total. The monoisotopic (exact) mass is 243 g/mol. The molecule has 1 aliphatic rings. The van der Waals surface area contributed by atoms with Gasteiger partial charge in [0.05, 0.1) is 0 Å². The fourth-order valence-electron chi connectivity index (χ4n) is 2.57. The second kappa shape index (κ2) is 9.35. The van der Waals surface area contributed by atoms with Crippen LogP contribution in [0.1, 0.15) is 58.3 Å². The van der Waals surface area contributed by atoms with Crippen molar-refractivity contribution in [2.75, 3.05) is 18.6 Å². The first kappa shape index (κ1) is 14.4. The quantitative estimate of drug-likeness (QED) is 0.612. The second-order valence-corrected chi connectivity index (χ2v) is 6.18. The zero-order valence-electron chi connectivity index (χ0n) is 11.1. The average Bonchev–Trinajstić information content (AvgIpc) is 2.75. The Bertz CT molecular complexity index is 161. The van der Waals surface area contributed by atoms with Gasteiger partial charge in [0.25, 0.3) is 0 Å². The van der Waals surface area contributed by atoms with E-state index in [2.05, 4.69) is 31.1 Å². The molecule has 96 valence electrons. The van der Waals surface area contributed by atoms with E-state index in [0.717, 1.165) is 12.0 Å². The van der Waals surface area contributed by atoms with E-state index in [9.17, 15) is 0 Å². The molecule has 2 heteroatoms. The average molecular weight is 243 g/mol. The Kier molecular flexibility index (Phi) is 8.40. The Morgan fingerprint density at radius 2 is 1.69 bits per heavy atom. The van der Waals surface area contributed by atoms with Crippen LogP contribution in [0.4, 0.5) is 0 Å². The molecule has 0 radical (unpaired) electrons. The molecule has 0 bridgehead atoms. The molecule has 1 heterocycles. The van der Waals surface area contributed by atoms with Gasteiger partial charge < -0.3 is 5.32 Å². The van der Waals surface area contributed by atoms with Gasteiger partial charge in [-0.3, -0.25) is 0 Å². The lowest BCUT2D eigenvalue weighted by molar-refractivity contribution is 0.407. The van der Waals surface area contributed by atoms with Gasteiger partial charge in [0.1, 0.15) is 0 Å². The standard InChI is InChI=1S/C14H29NS/c1-3-4-5-6-7-8-9-10-13-11-16-12-14(13)15-2/h13-15H,3-12H2,1-2H3. The minimum atomic E-state index is 0.796. The van der Waals surface area contributed by atoms with Crippen LogP contribution in [-0.4, -0.2) is 24.6 Å². The Morgan fingerprint density at radius 1 is 1.00 bits per heavy atom. The van der Waals surface area contributed by atoms with Crippen molar-refractivity contribution in [2.24, 2.45) is 5.92 Å². The summed E-state index contributed by atoms with van der Waals surface area (Å²) in [7, 11) is 2.12. The molecule has 0 aromatic rings. The maximum atomic E-state index is 3.46. The molecule has 2 atom stereocenters. The molecule has 0 saturated carbocycles. The lowest BCUT2D eigenvalue weighted by Gasteiger charge is -2.17. The Morgan fingerprint density at radius 3 is 2.38 bits per heavy atom. The molecule has 2 unspecified atom stereocenters. The van der Waals surface area contributed by atoms with Crippen molar-refractivity contribution in [3.8, 4) is 0 Å². The van der Waals surface area contributed by atoms with E-state index in [4.69, 9.17) is 0 Å². The van der Waals surface area contributed by atoms with Gasteiger partial charge in [0.15, 0.2) is 0 Å². The number of nitrogens with one attached hydrogen (secondary N) is 1. The van der Waals surface area contributed by atoms with Crippen LogP contribution in [-0.2, 0) is 0 Å². The van der Waals surface area contributed by atoms with Gasteiger partial charge in [0.2, 0.25) is 0 Å². The number of thioether (sulfide) groups is 1. The summed E-state index contributed by atoms with van der Waals surface area (Å²) in [6.07, 6.45) is 11.5. The van der Waals surface area contributed by atoms with Crippen molar-refractivity contribution >= 4 is 11.8 Å². The summed E-state index contributed by atoms with van der Waals surface area (Å²) in [6, 6.07) is 0.796. The molecule has 0 amide bonds. The number of rotatable bonds is 9. The molecule has 0 spiro atoms. The van der Waals surface area contributed by atoms with Crippen LogP contribution in [0.15, 0.2) is 0 Å². The van der Waals surface area contributed by atoms with Crippen molar-refractivity contribution in [1.29, 1.82) is 0 Å². The van der Waals surface area contributed by atoms with E-state index >= 15 is 0 Å². The first-order valence-corrected chi connectivity index (χ1v) is 8.29.